The first-order chi connectivity index (χ1) is 9.11. The van der Waals surface area contributed by atoms with Crippen LogP contribution in [0, 0.1) is 3.57 Å². The van der Waals surface area contributed by atoms with Crippen LogP contribution in [0.1, 0.15) is 24.4 Å². The van der Waals surface area contributed by atoms with Gasteiger partial charge in [0.25, 0.3) is 0 Å². The fraction of sp³-hybridized carbons (Fsp3) is 0.357. The maximum Gasteiger partial charge on any atom is 0.110 e. The molecule has 1 aromatic heterocycles. The van der Waals surface area contributed by atoms with Gasteiger partial charge in [-0.25, -0.2) is 4.98 Å². The maximum atomic E-state index is 6.22. The number of hydrogen-bond acceptors (Lipinski definition) is 2. The van der Waals surface area contributed by atoms with Crippen LogP contribution in [0.2, 0.25) is 5.02 Å². The third-order valence-electron chi connectivity index (χ3n) is 3.10. The fourth-order valence-corrected chi connectivity index (χ4v) is 2.58. The Morgan fingerprint density at radius 3 is 2.84 bits per heavy atom. The van der Waals surface area contributed by atoms with Gasteiger partial charge in [-0.1, -0.05) is 24.6 Å². The predicted octanol–water partition coefficient (Wildman–Crippen LogP) is 3.57. The topological polar surface area (TPSA) is 29.9 Å². The van der Waals surface area contributed by atoms with Crippen LogP contribution in [0.25, 0.3) is 0 Å². The summed E-state index contributed by atoms with van der Waals surface area (Å²) < 4.78 is 3.13. The zero-order chi connectivity index (χ0) is 13.8. The highest BCUT2D eigenvalue weighted by atomic mass is 127. The van der Waals surface area contributed by atoms with Crippen LogP contribution in [0.4, 0.5) is 0 Å². The van der Waals surface area contributed by atoms with Crippen LogP contribution in [-0.2, 0) is 13.5 Å². The van der Waals surface area contributed by atoms with E-state index in [-0.39, 0.29) is 6.04 Å². The number of aryl methyl sites for hydroxylation is 1. The molecule has 0 saturated heterocycles. The summed E-state index contributed by atoms with van der Waals surface area (Å²) in [5, 5.41) is 4.30. The van der Waals surface area contributed by atoms with Crippen molar-refractivity contribution in [3.8, 4) is 0 Å². The lowest BCUT2D eigenvalue weighted by Gasteiger charge is -2.18. The molecule has 0 amide bonds. The smallest absolute Gasteiger partial charge is 0.110 e. The molecule has 0 spiro atoms. The standard InChI is InChI=1S/C14H17ClIN3/c1-3-17-13(9-14-18-6-7-19(14)2)10-4-5-12(16)11(15)8-10/h4-8,13,17H,3,9H2,1-2H3. The number of rotatable bonds is 5. The molecular formula is C14H17ClIN3. The van der Waals surface area contributed by atoms with Crippen molar-refractivity contribution in [3.05, 3.63) is 50.6 Å². The monoisotopic (exact) mass is 389 g/mol. The van der Waals surface area contributed by atoms with Gasteiger partial charge in [0.2, 0.25) is 0 Å². The summed E-state index contributed by atoms with van der Waals surface area (Å²) in [4.78, 5) is 4.39. The number of likely N-dealkylation sites (N-methyl/N-ethyl adjacent to an activating group) is 1. The first-order valence-corrected chi connectivity index (χ1v) is 7.72. The first-order valence-electron chi connectivity index (χ1n) is 6.26. The van der Waals surface area contributed by atoms with Crippen molar-refractivity contribution in [1.29, 1.82) is 0 Å². The Bertz CT molecular complexity index is 553. The average Bonchev–Trinajstić information content (AvgIpc) is 2.78. The molecule has 0 aliphatic carbocycles. The molecule has 0 aliphatic rings. The van der Waals surface area contributed by atoms with Crippen LogP contribution in [0.15, 0.2) is 30.6 Å². The summed E-state index contributed by atoms with van der Waals surface area (Å²) >= 11 is 8.46. The third kappa shape index (κ3) is 3.70. The van der Waals surface area contributed by atoms with E-state index in [0.29, 0.717) is 0 Å². The number of nitrogens with zero attached hydrogens (tertiary/aromatic N) is 2. The van der Waals surface area contributed by atoms with Crippen molar-refractivity contribution >= 4 is 34.2 Å². The molecule has 2 aromatic rings. The quantitative estimate of drug-likeness (QED) is 0.792. The average molecular weight is 390 g/mol. The highest BCUT2D eigenvalue weighted by Gasteiger charge is 2.14. The van der Waals surface area contributed by atoms with Gasteiger partial charge in [-0.2, -0.15) is 0 Å². The van der Waals surface area contributed by atoms with E-state index < -0.39 is 0 Å². The van der Waals surface area contributed by atoms with Crippen molar-refractivity contribution < 1.29 is 0 Å². The molecule has 19 heavy (non-hydrogen) atoms. The van der Waals surface area contributed by atoms with Crippen LogP contribution >= 0.6 is 34.2 Å². The van der Waals surface area contributed by atoms with Crippen LogP contribution in [0.5, 0.6) is 0 Å². The van der Waals surface area contributed by atoms with E-state index in [1.807, 2.05) is 25.5 Å². The second kappa shape index (κ2) is 6.72. The summed E-state index contributed by atoms with van der Waals surface area (Å²) in [5.74, 6) is 1.07. The number of halogens is 2. The van der Waals surface area contributed by atoms with E-state index in [2.05, 4.69) is 56.5 Å². The Kier molecular flexibility index (Phi) is 5.24. The minimum Gasteiger partial charge on any atom is -0.338 e. The molecule has 5 heteroatoms. The highest BCUT2D eigenvalue weighted by molar-refractivity contribution is 14.1. The van der Waals surface area contributed by atoms with Crippen molar-refractivity contribution in [1.82, 2.24) is 14.9 Å². The molecule has 0 aliphatic heterocycles. The van der Waals surface area contributed by atoms with E-state index in [9.17, 15) is 0 Å². The maximum absolute atomic E-state index is 6.22. The van der Waals surface area contributed by atoms with E-state index in [1.54, 1.807) is 0 Å². The number of aromatic nitrogens is 2. The number of nitrogens with one attached hydrogen (secondary N) is 1. The number of imidazole rings is 1. The van der Waals surface area contributed by atoms with E-state index in [1.165, 1.54) is 5.56 Å². The molecule has 102 valence electrons. The van der Waals surface area contributed by atoms with E-state index >= 15 is 0 Å². The molecule has 2 rings (SSSR count). The summed E-state index contributed by atoms with van der Waals surface area (Å²) in [7, 11) is 2.02. The van der Waals surface area contributed by atoms with E-state index in [0.717, 1.165) is 27.4 Å². The van der Waals surface area contributed by atoms with Gasteiger partial charge in [0.1, 0.15) is 5.82 Å². The summed E-state index contributed by atoms with van der Waals surface area (Å²) in [5.41, 5.74) is 1.20. The van der Waals surface area contributed by atoms with Gasteiger partial charge in [-0.15, -0.1) is 0 Å². The van der Waals surface area contributed by atoms with Gasteiger partial charge in [0.15, 0.2) is 0 Å². The summed E-state index contributed by atoms with van der Waals surface area (Å²) in [6.45, 7) is 3.03. The van der Waals surface area contributed by atoms with Gasteiger partial charge < -0.3 is 9.88 Å². The van der Waals surface area contributed by atoms with Crippen molar-refractivity contribution in [2.75, 3.05) is 6.54 Å². The Morgan fingerprint density at radius 1 is 1.47 bits per heavy atom. The SMILES string of the molecule is CCNC(Cc1nccn1C)c1ccc(I)c(Cl)c1. The second-order valence-electron chi connectivity index (χ2n) is 4.44. The minimum absolute atomic E-state index is 0.237. The minimum atomic E-state index is 0.237. The van der Waals surface area contributed by atoms with Gasteiger partial charge in [0, 0.05) is 35.5 Å². The van der Waals surface area contributed by atoms with Crippen molar-refractivity contribution in [2.24, 2.45) is 7.05 Å². The summed E-state index contributed by atoms with van der Waals surface area (Å²) in [6.07, 6.45) is 4.66. The molecular weight excluding hydrogens is 373 g/mol. The van der Waals surface area contributed by atoms with Gasteiger partial charge >= 0.3 is 0 Å². The molecule has 0 fully saturated rings. The zero-order valence-electron chi connectivity index (χ0n) is 11.0. The first kappa shape index (κ1) is 14.8. The third-order valence-corrected chi connectivity index (χ3v) is 4.68. The number of hydrogen-bond donors (Lipinski definition) is 1. The Balaban J connectivity index is 2.24. The van der Waals surface area contributed by atoms with Crippen molar-refractivity contribution in [3.63, 3.8) is 0 Å². The molecule has 1 heterocycles. The lowest BCUT2D eigenvalue weighted by Crippen LogP contribution is -2.24. The molecule has 0 saturated carbocycles. The Labute approximate surface area is 132 Å². The van der Waals surface area contributed by atoms with Crippen molar-refractivity contribution in [2.45, 2.75) is 19.4 Å². The Hall–Kier alpha value is -0.590. The number of benzene rings is 1. The molecule has 1 N–H and O–H groups in total. The molecule has 3 nitrogen and oxygen atoms in total. The molecule has 0 bridgehead atoms. The second-order valence-corrected chi connectivity index (χ2v) is 6.01. The van der Waals surface area contributed by atoms with Gasteiger partial charge in [0.05, 0.1) is 5.02 Å². The Morgan fingerprint density at radius 2 is 2.26 bits per heavy atom. The summed E-state index contributed by atoms with van der Waals surface area (Å²) in [6, 6.07) is 6.46. The largest absolute Gasteiger partial charge is 0.338 e. The zero-order valence-corrected chi connectivity index (χ0v) is 13.9. The molecule has 0 radical (unpaired) electrons. The molecule has 1 atom stereocenters. The lowest BCUT2D eigenvalue weighted by molar-refractivity contribution is 0.529. The van der Waals surface area contributed by atoms with E-state index in [4.69, 9.17) is 11.6 Å². The lowest BCUT2D eigenvalue weighted by atomic mass is 10.0. The normalized spacial score (nSPS) is 12.6. The fourth-order valence-electron chi connectivity index (χ4n) is 2.06. The molecule has 1 aromatic carbocycles. The van der Waals surface area contributed by atoms with Gasteiger partial charge in [-0.3, -0.25) is 0 Å². The van der Waals surface area contributed by atoms with Crippen LogP contribution < -0.4 is 5.32 Å². The molecule has 1 unspecified atom stereocenters. The van der Waals surface area contributed by atoms with Crippen LogP contribution in [0.3, 0.4) is 0 Å². The van der Waals surface area contributed by atoms with Crippen LogP contribution in [-0.4, -0.2) is 16.1 Å². The van der Waals surface area contributed by atoms with Gasteiger partial charge in [-0.05, 0) is 46.8 Å². The highest BCUT2D eigenvalue weighted by Crippen LogP contribution is 2.25. The predicted molar refractivity (Wildman–Crippen MR) is 87.5 cm³/mol.